The molecule has 2 fully saturated rings. The molecule has 2 atom stereocenters. The first-order valence-corrected chi connectivity index (χ1v) is 9.99. The van der Waals surface area contributed by atoms with E-state index < -0.39 is 0 Å². The first-order chi connectivity index (χ1) is 12.2. The summed E-state index contributed by atoms with van der Waals surface area (Å²) in [7, 11) is 0. The van der Waals surface area contributed by atoms with Crippen molar-refractivity contribution in [3.05, 3.63) is 23.1 Å². The van der Waals surface area contributed by atoms with Gasteiger partial charge in [0.2, 0.25) is 5.91 Å². The largest absolute Gasteiger partial charge is 0.376 e. The van der Waals surface area contributed by atoms with E-state index in [1.165, 1.54) is 4.83 Å². The monoisotopic (exact) mass is 363 g/mol. The summed E-state index contributed by atoms with van der Waals surface area (Å²) in [5, 5.41) is 2.10. The van der Waals surface area contributed by atoms with E-state index in [9.17, 15) is 4.79 Å². The molecule has 2 aromatic rings. The number of carbonyl (C=O) groups excluding carboxylic acids is 1. The van der Waals surface area contributed by atoms with Crippen molar-refractivity contribution in [1.29, 1.82) is 0 Å². The molecule has 0 N–H and O–H groups in total. The number of rotatable bonds is 5. The van der Waals surface area contributed by atoms with E-state index >= 15 is 0 Å². The number of ether oxygens (including phenoxy) is 2. The number of thiazole rings is 1. The Bertz CT molecular complexity index is 735. The lowest BCUT2D eigenvalue weighted by atomic mass is 9.95. The summed E-state index contributed by atoms with van der Waals surface area (Å²) in [6, 6.07) is 0. The van der Waals surface area contributed by atoms with Crippen LogP contribution in [0.4, 0.5) is 0 Å². The number of aromatic nitrogens is 2. The van der Waals surface area contributed by atoms with Crippen molar-refractivity contribution in [2.75, 3.05) is 32.9 Å². The van der Waals surface area contributed by atoms with Crippen molar-refractivity contribution in [2.24, 2.45) is 0 Å². The molecule has 0 saturated carbocycles. The second-order valence-electron chi connectivity index (χ2n) is 6.95. The highest BCUT2D eigenvalue weighted by atomic mass is 32.1. The number of aryl methyl sites for hydroxylation is 1. The number of nitrogens with zero attached hydrogens (tertiary/aromatic N) is 3. The van der Waals surface area contributed by atoms with Crippen LogP contribution in [0.25, 0.3) is 4.83 Å². The topological polar surface area (TPSA) is 56.1 Å². The van der Waals surface area contributed by atoms with Crippen molar-refractivity contribution in [2.45, 2.75) is 44.6 Å². The van der Waals surface area contributed by atoms with Crippen LogP contribution in [0, 0.1) is 6.92 Å². The molecular weight excluding hydrogens is 338 g/mol. The maximum atomic E-state index is 12.5. The first kappa shape index (κ1) is 17.0. The summed E-state index contributed by atoms with van der Waals surface area (Å²) in [4.78, 5) is 20.4. The van der Waals surface area contributed by atoms with Gasteiger partial charge in [-0.25, -0.2) is 4.98 Å². The van der Waals surface area contributed by atoms with Gasteiger partial charge in [-0.05, 0) is 32.6 Å². The van der Waals surface area contributed by atoms with Gasteiger partial charge in [0.05, 0.1) is 18.4 Å². The minimum absolute atomic E-state index is 0.0843. The molecule has 0 spiro atoms. The number of fused-ring (bicyclic) bond motifs is 1. The zero-order valence-electron chi connectivity index (χ0n) is 14.6. The SMILES string of the molecule is Cc1nc(C2CCCN(C(=O)COCC3CCCO3)C2)c2sccn12. The lowest BCUT2D eigenvalue weighted by Gasteiger charge is -2.32. The highest BCUT2D eigenvalue weighted by molar-refractivity contribution is 7.15. The van der Waals surface area contributed by atoms with Crippen LogP contribution in [-0.2, 0) is 14.3 Å². The predicted octanol–water partition coefficient (Wildman–Crippen LogP) is 2.61. The Morgan fingerprint density at radius 1 is 1.44 bits per heavy atom. The number of hydrogen-bond acceptors (Lipinski definition) is 5. The molecule has 0 aliphatic carbocycles. The van der Waals surface area contributed by atoms with Crippen molar-refractivity contribution in [3.63, 3.8) is 0 Å². The van der Waals surface area contributed by atoms with Crippen molar-refractivity contribution >= 4 is 22.1 Å². The first-order valence-electron chi connectivity index (χ1n) is 9.11. The molecule has 2 saturated heterocycles. The summed E-state index contributed by atoms with van der Waals surface area (Å²) in [5.41, 5.74) is 1.14. The average molecular weight is 363 g/mol. The van der Waals surface area contributed by atoms with Gasteiger partial charge in [0, 0.05) is 37.2 Å². The minimum atomic E-state index is 0.0843. The van der Waals surface area contributed by atoms with Crippen molar-refractivity contribution in [1.82, 2.24) is 14.3 Å². The quantitative estimate of drug-likeness (QED) is 0.819. The molecule has 0 bridgehead atoms. The molecule has 136 valence electrons. The Hall–Kier alpha value is -1.44. The van der Waals surface area contributed by atoms with Crippen molar-refractivity contribution in [3.8, 4) is 0 Å². The molecule has 4 rings (SSSR count). The highest BCUT2D eigenvalue weighted by Gasteiger charge is 2.28. The molecule has 0 radical (unpaired) electrons. The van der Waals surface area contributed by atoms with Crippen LogP contribution in [-0.4, -0.2) is 59.2 Å². The third kappa shape index (κ3) is 3.59. The van der Waals surface area contributed by atoms with Gasteiger partial charge < -0.3 is 14.4 Å². The maximum absolute atomic E-state index is 12.5. The van der Waals surface area contributed by atoms with E-state index in [1.54, 1.807) is 11.3 Å². The molecule has 2 aliphatic heterocycles. The highest BCUT2D eigenvalue weighted by Crippen LogP contribution is 2.32. The zero-order chi connectivity index (χ0) is 17.2. The molecule has 7 heteroatoms. The Morgan fingerprint density at radius 3 is 3.20 bits per heavy atom. The average Bonchev–Trinajstić information content (AvgIpc) is 3.35. The molecular formula is C18H25N3O3S. The Morgan fingerprint density at radius 2 is 2.36 bits per heavy atom. The molecule has 1 amide bonds. The molecule has 2 aromatic heterocycles. The van der Waals surface area contributed by atoms with Gasteiger partial charge in [0.1, 0.15) is 17.3 Å². The summed E-state index contributed by atoms with van der Waals surface area (Å²) >= 11 is 1.72. The van der Waals surface area contributed by atoms with Crippen LogP contribution < -0.4 is 0 Å². The van der Waals surface area contributed by atoms with Gasteiger partial charge in [-0.3, -0.25) is 9.20 Å². The maximum Gasteiger partial charge on any atom is 0.248 e. The molecule has 2 aliphatic rings. The summed E-state index contributed by atoms with van der Waals surface area (Å²) in [6.07, 6.45) is 6.47. The van der Waals surface area contributed by atoms with E-state index in [0.717, 1.165) is 56.9 Å². The van der Waals surface area contributed by atoms with Gasteiger partial charge in [0.15, 0.2) is 0 Å². The Labute approximate surface area is 151 Å². The third-order valence-corrected chi connectivity index (χ3v) is 6.06. The number of carbonyl (C=O) groups is 1. The van der Waals surface area contributed by atoms with Crippen molar-refractivity contribution < 1.29 is 14.3 Å². The van der Waals surface area contributed by atoms with Crippen LogP contribution in [0.2, 0.25) is 0 Å². The lowest BCUT2D eigenvalue weighted by molar-refractivity contribution is -0.138. The normalized spacial score (nSPS) is 24.3. The van der Waals surface area contributed by atoms with Gasteiger partial charge in [0.25, 0.3) is 0 Å². The molecule has 4 heterocycles. The predicted molar refractivity (Wildman–Crippen MR) is 96.2 cm³/mol. The van der Waals surface area contributed by atoms with Gasteiger partial charge in [-0.2, -0.15) is 0 Å². The molecule has 25 heavy (non-hydrogen) atoms. The van der Waals surface area contributed by atoms with Crippen LogP contribution in [0.1, 0.15) is 43.1 Å². The standard InChI is InChI=1S/C18H25N3O3S/c1-13-19-17(18-21(13)7-9-25-18)14-4-2-6-20(10-14)16(22)12-23-11-15-5-3-8-24-15/h7,9,14-15H,2-6,8,10-12H2,1H3. The summed E-state index contributed by atoms with van der Waals surface area (Å²) in [6.45, 7) is 5.10. The number of hydrogen-bond donors (Lipinski definition) is 0. The van der Waals surface area contributed by atoms with Crippen LogP contribution in [0.3, 0.4) is 0 Å². The van der Waals surface area contributed by atoms with Crippen LogP contribution in [0.15, 0.2) is 11.6 Å². The fraction of sp³-hybridized carbons (Fsp3) is 0.667. The zero-order valence-corrected chi connectivity index (χ0v) is 15.5. The van der Waals surface area contributed by atoms with Gasteiger partial charge >= 0.3 is 0 Å². The van der Waals surface area contributed by atoms with Gasteiger partial charge in [-0.15, -0.1) is 11.3 Å². The van der Waals surface area contributed by atoms with E-state index in [0.29, 0.717) is 12.5 Å². The smallest absolute Gasteiger partial charge is 0.248 e. The lowest BCUT2D eigenvalue weighted by Crippen LogP contribution is -2.41. The molecule has 6 nitrogen and oxygen atoms in total. The molecule has 2 unspecified atom stereocenters. The van der Waals surface area contributed by atoms with E-state index in [4.69, 9.17) is 14.5 Å². The van der Waals surface area contributed by atoms with E-state index in [-0.39, 0.29) is 18.6 Å². The summed E-state index contributed by atoms with van der Waals surface area (Å²) in [5.74, 6) is 1.42. The fourth-order valence-corrected chi connectivity index (χ4v) is 4.78. The Balaban J connectivity index is 1.35. The minimum Gasteiger partial charge on any atom is -0.376 e. The van der Waals surface area contributed by atoms with Gasteiger partial charge in [-0.1, -0.05) is 0 Å². The third-order valence-electron chi connectivity index (χ3n) is 5.17. The number of imidazole rings is 1. The number of piperidine rings is 1. The van der Waals surface area contributed by atoms with E-state index in [1.807, 2.05) is 11.8 Å². The number of amides is 1. The molecule has 0 aromatic carbocycles. The Kier molecular flexibility index (Phi) is 5.05. The van der Waals surface area contributed by atoms with E-state index in [2.05, 4.69) is 16.0 Å². The second kappa shape index (κ2) is 7.43. The fourth-order valence-electron chi connectivity index (χ4n) is 3.83. The summed E-state index contributed by atoms with van der Waals surface area (Å²) < 4.78 is 13.3. The number of likely N-dealkylation sites (tertiary alicyclic amines) is 1. The second-order valence-corrected chi connectivity index (χ2v) is 7.85. The van der Waals surface area contributed by atoms with Crippen LogP contribution >= 0.6 is 11.3 Å². The van der Waals surface area contributed by atoms with Crippen LogP contribution in [0.5, 0.6) is 0 Å².